The van der Waals surface area contributed by atoms with Crippen molar-refractivity contribution in [2.45, 2.75) is 31.0 Å². The van der Waals surface area contributed by atoms with Gasteiger partial charge in [-0.25, -0.2) is 4.99 Å². The van der Waals surface area contributed by atoms with E-state index in [-0.39, 0.29) is 25.5 Å². The van der Waals surface area contributed by atoms with Crippen LogP contribution in [0.15, 0.2) is 101 Å². The van der Waals surface area contributed by atoms with E-state index in [9.17, 15) is 10.3 Å². The maximum absolute atomic E-state index is 14.7. The zero-order valence-electron chi connectivity index (χ0n) is 27.0. The van der Waals surface area contributed by atoms with Gasteiger partial charge in [0.15, 0.2) is 23.1 Å². The van der Waals surface area contributed by atoms with E-state index in [1.807, 2.05) is 30.3 Å². The molecule has 0 spiro atoms. The van der Waals surface area contributed by atoms with Crippen LogP contribution >= 0.6 is 0 Å². The minimum absolute atomic E-state index is 0.0343. The van der Waals surface area contributed by atoms with Crippen molar-refractivity contribution in [3.05, 3.63) is 124 Å². The summed E-state index contributed by atoms with van der Waals surface area (Å²) in [5, 5.41) is 16.1. The highest BCUT2D eigenvalue weighted by atomic mass is 16.5. The minimum Gasteiger partial charge on any atom is -0.494 e. The molecule has 5 rings (SSSR count). The zero-order chi connectivity index (χ0) is 33.9. The van der Waals surface area contributed by atoms with E-state index in [1.165, 1.54) is 21.3 Å². The van der Waals surface area contributed by atoms with E-state index in [4.69, 9.17) is 33.8 Å². The first kappa shape index (κ1) is 33.6. The van der Waals surface area contributed by atoms with Crippen molar-refractivity contribution in [2.75, 3.05) is 34.5 Å². The summed E-state index contributed by atoms with van der Waals surface area (Å²) in [6.07, 6.45) is -0.276. The first-order valence-electron chi connectivity index (χ1n) is 15.3. The standard InChI is InChI=1S/C36H37N5O7/c1-44-30-20-25(21-31(45-2)32(30)46-3)23-38-35(43)36(22-24-10-5-4-6-11-24)33(28-12-7-8-13-29(28)40-41-37)48-34(39-36)26-14-16-27(17-15-26)47-19-9-18-42/h4-8,10-17,20-21,33,42H,9,18-19,22-23H2,1-3H3,(H,38,43)/t33-,36-/m1/s1. The predicted molar refractivity (Wildman–Crippen MR) is 180 cm³/mol. The van der Waals surface area contributed by atoms with E-state index in [2.05, 4.69) is 15.3 Å². The van der Waals surface area contributed by atoms with Crippen molar-refractivity contribution in [3.63, 3.8) is 0 Å². The number of rotatable bonds is 15. The Balaban J connectivity index is 1.59. The maximum atomic E-state index is 14.7. The smallest absolute Gasteiger partial charge is 0.252 e. The van der Waals surface area contributed by atoms with Crippen LogP contribution in [0.2, 0.25) is 0 Å². The molecule has 0 radical (unpaired) electrons. The molecule has 4 aromatic rings. The molecule has 1 aliphatic rings. The Labute approximate surface area is 278 Å². The van der Waals surface area contributed by atoms with Gasteiger partial charge in [-0.05, 0) is 53.1 Å². The summed E-state index contributed by atoms with van der Waals surface area (Å²) in [7, 11) is 4.58. The Morgan fingerprint density at radius 3 is 2.29 bits per heavy atom. The molecule has 0 bridgehead atoms. The predicted octanol–water partition coefficient (Wildman–Crippen LogP) is 6.23. The van der Waals surface area contributed by atoms with Gasteiger partial charge in [0, 0.05) is 47.7 Å². The molecular formula is C36H37N5O7. The van der Waals surface area contributed by atoms with Crippen LogP contribution in [-0.2, 0) is 22.5 Å². The van der Waals surface area contributed by atoms with Gasteiger partial charge in [-0.2, -0.15) is 0 Å². The molecule has 0 saturated heterocycles. The summed E-state index contributed by atoms with van der Waals surface area (Å²) in [6, 6.07) is 27.3. The highest BCUT2D eigenvalue weighted by Crippen LogP contribution is 2.45. The second-order valence-electron chi connectivity index (χ2n) is 10.9. The van der Waals surface area contributed by atoms with Crippen molar-refractivity contribution in [2.24, 2.45) is 10.1 Å². The summed E-state index contributed by atoms with van der Waals surface area (Å²) < 4.78 is 28.8. The van der Waals surface area contributed by atoms with Crippen molar-refractivity contribution >= 4 is 17.5 Å². The number of hydrogen-bond acceptors (Lipinski definition) is 9. The van der Waals surface area contributed by atoms with Gasteiger partial charge in [0.05, 0.1) is 27.9 Å². The number of carbonyl (C=O) groups excluding carboxylic acids is 1. The molecule has 1 aliphatic heterocycles. The fraction of sp³-hybridized carbons (Fsp3) is 0.278. The summed E-state index contributed by atoms with van der Waals surface area (Å²) >= 11 is 0. The number of carbonyl (C=O) groups is 1. The fourth-order valence-corrected chi connectivity index (χ4v) is 5.59. The third kappa shape index (κ3) is 7.30. The molecule has 12 nitrogen and oxygen atoms in total. The molecular weight excluding hydrogens is 614 g/mol. The van der Waals surface area contributed by atoms with Gasteiger partial charge in [0.1, 0.15) is 5.75 Å². The van der Waals surface area contributed by atoms with Crippen molar-refractivity contribution in [1.29, 1.82) is 0 Å². The average Bonchev–Trinajstić information content (AvgIpc) is 3.51. The van der Waals surface area contributed by atoms with Crippen LogP contribution in [0, 0.1) is 0 Å². The number of benzene rings is 4. The lowest BCUT2D eigenvalue weighted by Crippen LogP contribution is -2.49. The van der Waals surface area contributed by atoms with Gasteiger partial charge in [-0.3, -0.25) is 4.79 Å². The lowest BCUT2D eigenvalue weighted by Gasteiger charge is -2.31. The van der Waals surface area contributed by atoms with Gasteiger partial charge in [-0.15, -0.1) is 0 Å². The first-order chi connectivity index (χ1) is 23.5. The summed E-state index contributed by atoms with van der Waals surface area (Å²) in [5.41, 5.74) is 10.9. The minimum atomic E-state index is -1.52. The van der Waals surface area contributed by atoms with Crippen LogP contribution in [0.4, 0.5) is 5.69 Å². The second-order valence-corrected chi connectivity index (χ2v) is 10.9. The molecule has 0 saturated carbocycles. The Morgan fingerprint density at radius 2 is 1.65 bits per heavy atom. The average molecular weight is 652 g/mol. The monoisotopic (exact) mass is 651 g/mol. The van der Waals surface area contributed by atoms with Crippen LogP contribution < -0.4 is 24.3 Å². The fourth-order valence-electron chi connectivity index (χ4n) is 5.59. The largest absolute Gasteiger partial charge is 0.494 e. The lowest BCUT2D eigenvalue weighted by molar-refractivity contribution is -0.129. The molecule has 248 valence electrons. The molecule has 0 fully saturated rings. The van der Waals surface area contributed by atoms with Gasteiger partial charge >= 0.3 is 0 Å². The van der Waals surface area contributed by atoms with Crippen molar-refractivity contribution in [3.8, 4) is 23.0 Å². The molecule has 1 amide bonds. The van der Waals surface area contributed by atoms with Crippen LogP contribution in [0.3, 0.4) is 0 Å². The van der Waals surface area contributed by atoms with Crippen LogP contribution in [0.25, 0.3) is 10.4 Å². The summed E-state index contributed by atoms with van der Waals surface area (Å²) in [6.45, 7) is 0.520. The number of ether oxygens (including phenoxy) is 5. The summed E-state index contributed by atoms with van der Waals surface area (Å²) in [5.74, 6) is 1.81. The number of nitrogens with zero attached hydrogens (tertiary/aromatic N) is 4. The molecule has 0 aromatic heterocycles. The zero-order valence-corrected chi connectivity index (χ0v) is 27.0. The van der Waals surface area contributed by atoms with Gasteiger partial charge in [0.25, 0.3) is 5.91 Å². The SMILES string of the molecule is COc1cc(CNC(=O)[C@]2(Cc3ccccc3)N=C(c3ccc(OCCCO)cc3)O[C@@H]2c2ccccc2N=[N+]=[N-])cc(OC)c1OC. The van der Waals surface area contributed by atoms with E-state index in [0.717, 1.165) is 5.56 Å². The van der Waals surface area contributed by atoms with E-state index < -0.39 is 17.6 Å². The highest BCUT2D eigenvalue weighted by Gasteiger charge is 2.53. The van der Waals surface area contributed by atoms with Crippen molar-refractivity contribution in [1.82, 2.24) is 5.32 Å². The Morgan fingerprint density at radius 1 is 0.958 bits per heavy atom. The van der Waals surface area contributed by atoms with Crippen molar-refractivity contribution < 1.29 is 33.6 Å². The van der Waals surface area contributed by atoms with Crippen LogP contribution in [0.5, 0.6) is 23.0 Å². The van der Waals surface area contributed by atoms with E-state index in [0.29, 0.717) is 58.4 Å². The second kappa shape index (κ2) is 15.7. The van der Waals surface area contributed by atoms with Crippen LogP contribution in [-0.4, -0.2) is 57.0 Å². The lowest BCUT2D eigenvalue weighted by atomic mass is 9.81. The van der Waals surface area contributed by atoms with E-state index in [1.54, 1.807) is 60.7 Å². The van der Waals surface area contributed by atoms with Gasteiger partial charge in [-0.1, -0.05) is 59.7 Å². The number of aliphatic imine (C=N–C) groups is 1. The normalized spacial score (nSPS) is 16.6. The number of methoxy groups -OCH3 is 3. The number of hydrogen-bond donors (Lipinski definition) is 2. The summed E-state index contributed by atoms with van der Waals surface area (Å²) in [4.78, 5) is 22.8. The number of aliphatic hydroxyl groups is 1. The quantitative estimate of drug-likeness (QED) is 0.0668. The van der Waals surface area contributed by atoms with Gasteiger partial charge in [0.2, 0.25) is 11.6 Å². The third-order valence-electron chi connectivity index (χ3n) is 7.90. The molecule has 48 heavy (non-hydrogen) atoms. The molecule has 4 aromatic carbocycles. The number of aliphatic hydroxyl groups excluding tert-OH is 1. The topological polar surface area (TPSA) is 157 Å². The number of azide groups is 1. The third-order valence-corrected chi connectivity index (χ3v) is 7.90. The molecule has 0 aliphatic carbocycles. The highest BCUT2D eigenvalue weighted by molar-refractivity contribution is 6.01. The van der Waals surface area contributed by atoms with Crippen LogP contribution in [0.1, 0.15) is 34.8 Å². The van der Waals surface area contributed by atoms with Gasteiger partial charge < -0.3 is 34.1 Å². The molecule has 12 heteroatoms. The molecule has 0 unspecified atom stereocenters. The Bertz CT molecular complexity index is 1770. The Hall–Kier alpha value is -5.71. The maximum Gasteiger partial charge on any atom is 0.252 e. The first-order valence-corrected chi connectivity index (χ1v) is 15.3. The molecule has 2 atom stereocenters. The van der Waals surface area contributed by atoms with E-state index >= 15 is 0 Å². The Kier molecular flexibility index (Phi) is 11.0. The molecule has 2 N–H and O–H groups in total. The number of nitrogens with one attached hydrogen (secondary N) is 1. The number of amides is 1. The molecule has 1 heterocycles.